The summed E-state index contributed by atoms with van der Waals surface area (Å²) in [7, 11) is 0. The molecule has 7 heteroatoms. The number of halogens is 1. The predicted molar refractivity (Wildman–Crippen MR) is 75.9 cm³/mol. The highest BCUT2D eigenvalue weighted by Crippen LogP contribution is 2.21. The lowest BCUT2D eigenvalue weighted by atomic mass is 10.1. The van der Waals surface area contributed by atoms with Crippen LogP contribution in [-0.4, -0.2) is 25.7 Å². The molecule has 0 bridgehead atoms. The van der Waals surface area contributed by atoms with Crippen LogP contribution in [0.1, 0.15) is 10.4 Å². The normalized spacial score (nSPS) is 10.8. The molecule has 2 N–H and O–H groups in total. The van der Waals surface area contributed by atoms with Crippen LogP contribution in [0.5, 0.6) is 0 Å². The number of aromatic nitrogens is 3. The van der Waals surface area contributed by atoms with Gasteiger partial charge in [-0.05, 0) is 12.1 Å². The molecule has 3 aromatic rings. The summed E-state index contributed by atoms with van der Waals surface area (Å²) in [6.45, 7) is 0. The maximum absolute atomic E-state index is 12.0. The first-order valence-corrected chi connectivity index (χ1v) is 6.46. The predicted octanol–water partition coefficient (Wildman–Crippen LogP) is 2.15. The van der Waals surface area contributed by atoms with E-state index < -0.39 is 5.97 Å². The van der Waals surface area contributed by atoms with E-state index in [2.05, 4.69) is 26.0 Å². The van der Waals surface area contributed by atoms with Gasteiger partial charge in [0.1, 0.15) is 5.56 Å². The highest BCUT2D eigenvalue weighted by molar-refractivity contribution is 9.10. The summed E-state index contributed by atoms with van der Waals surface area (Å²) in [6.07, 6.45) is 1.25. The van der Waals surface area contributed by atoms with Gasteiger partial charge in [0.05, 0.1) is 5.69 Å². The van der Waals surface area contributed by atoms with Crippen molar-refractivity contribution in [2.24, 2.45) is 0 Å². The fourth-order valence-electron chi connectivity index (χ4n) is 1.93. The lowest BCUT2D eigenvalue weighted by Crippen LogP contribution is -2.15. The van der Waals surface area contributed by atoms with Gasteiger partial charge in [0, 0.05) is 22.3 Å². The third kappa shape index (κ3) is 2.01. The van der Waals surface area contributed by atoms with Gasteiger partial charge in [-0.3, -0.25) is 9.89 Å². The lowest BCUT2D eigenvalue weighted by Gasteiger charge is -2.02. The molecule has 2 heterocycles. The number of rotatable bonds is 2. The van der Waals surface area contributed by atoms with Crippen molar-refractivity contribution in [2.75, 3.05) is 0 Å². The summed E-state index contributed by atoms with van der Waals surface area (Å²) in [5, 5.41) is 11.7. The average Bonchev–Trinajstić information content (AvgIpc) is 2.83. The molecule has 0 radical (unpaired) electrons. The molecule has 0 amide bonds. The molecule has 0 saturated carbocycles. The SMILES string of the molecule is O=C(O)c1c[nH]n2c(=O)cc(-c3cccc(Br)c3)nc12. The molecule has 0 fully saturated rings. The second kappa shape index (κ2) is 4.61. The molecule has 0 atom stereocenters. The van der Waals surface area contributed by atoms with Gasteiger partial charge >= 0.3 is 5.97 Å². The summed E-state index contributed by atoms with van der Waals surface area (Å²) >= 11 is 3.35. The zero-order chi connectivity index (χ0) is 14.3. The van der Waals surface area contributed by atoms with Gasteiger partial charge in [-0.2, -0.15) is 0 Å². The van der Waals surface area contributed by atoms with Crippen molar-refractivity contribution in [3.8, 4) is 11.3 Å². The monoisotopic (exact) mass is 333 g/mol. The van der Waals surface area contributed by atoms with E-state index >= 15 is 0 Å². The summed E-state index contributed by atoms with van der Waals surface area (Å²) in [6, 6.07) is 8.64. The number of aromatic carboxylic acids is 1. The molecule has 1 aromatic carbocycles. The van der Waals surface area contributed by atoms with Crippen LogP contribution >= 0.6 is 15.9 Å². The molecule has 0 aliphatic rings. The Kier molecular flexibility index (Phi) is 2.90. The quantitative estimate of drug-likeness (QED) is 0.752. The van der Waals surface area contributed by atoms with Crippen molar-refractivity contribution in [3.05, 3.63) is 56.9 Å². The highest BCUT2D eigenvalue weighted by atomic mass is 79.9. The Balaban J connectivity index is 2.30. The Hall–Kier alpha value is -2.41. The smallest absolute Gasteiger partial charge is 0.341 e. The number of benzene rings is 1. The second-order valence-electron chi connectivity index (χ2n) is 4.14. The second-order valence-corrected chi connectivity index (χ2v) is 5.06. The van der Waals surface area contributed by atoms with E-state index in [-0.39, 0.29) is 16.8 Å². The van der Waals surface area contributed by atoms with Crippen LogP contribution < -0.4 is 5.56 Å². The Labute approximate surface area is 120 Å². The van der Waals surface area contributed by atoms with Crippen molar-refractivity contribution < 1.29 is 9.90 Å². The van der Waals surface area contributed by atoms with E-state index in [0.717, 1.165) is 14.6 Å². The third-order valence-corrected chi connectivity index (χ3v) is 3.34. The maximum atomic E-state index is 12.0. The number of H-pyrrole nitrogens is 1. The van der Waals surface area contributed by atoms with Crippen molar-refractivity contribution in [1.29, 1.82) is 0 Å². The summed E-state index contributed by atoms with van der Waals surface area (Å²) in [5.74, 6) is -1.14. The number of carbonyl (C=O) groups is 1. The van der Waals surface area contributed by atoms with Gasteiger partial charge in [-0.15, -0.1) is 0 Å². The van der Waals surface area contributed by atoms with Crippen molar-refractivity contribution in [3.63, 3.8) is 0 Å². The van der Waals surface area contributed by atoms with Crippen LogP contribution in [0.4, 0.5) is 0 Å². The first-order chi connectivity index (χ1) is 9.56. The van der Waals surface area contributed by atoms with Crippen LogP contribution in [-0.2, 0) is 0 Å². The first kappa shape index (κ1) is 12.6. The topological polar surface area (TPSA) is 87.5 Å². The van der Waals surface area contributed by atoms with Gasteiger partial charge in [0.15, 0.2) is 5.65 Å². The molecular weight excluding hydrogens is 326 g/mol. The number of hydrogen-bond donors (Lipinski definition) is 2. The van der Waals surface area contributed by atoms with Crippen LogP contribution in [0.2, 0.25) is 0 Å². The zero-order valence-corrected chi connectivity index (χ0v) is 11.6. The van der Waals surface area contributed by atoms with E-state index in [0.29, 0.717) is 5.69 Å². The molecule has 0 saturated heterocycles. The van der Waals surface area contributed by atoms with Crippen LogP contribution in [0, 0.1) is 0 Å². The number of carboxylic acid groups (broad SMARTS) is 1. The minimum absolute atomic E-state index is 0.0426. The number of nitrogens with one attached hydrogen (secondary N) is 1. The molecule has 6 nitrogen and oxygen atoms in total. The number of fused-ring (bicyclic) bond motifs is 1. The van der Waals surface area contributed by atoms with E-state index in [1.807, 2.05) is 18.2 Å². The van der Waals surface area contributed by atoms with E-state index in [9.17, 15) is 9.59 Å². The van der Waals surface area contributed by atoms with Gasteiger partial charge in [0.25, 0.3) is 5.56 Å². The highest BCUT2D eigenvalue weighted by Gasteiger charge is 2.14. The minimum Gasteiger partial charge on any atom is -0.477 e. The summed E-state index contributed by atoms with van der Waals surface area (Å²) in [5.41, 5.74) is 0.853. The minimum atomic E-state index is -1.14. The fourth-order valence-corrected chi connectivity index (χ4v) is 2.33. The molecule has 2 aromatic heterocycles. The summed E-state index contributed by atoms with van der Waals surface area (Å²) in [4.78, 5) is 27.3. The van der Waals surface area contributed by atoms with Crippen LogP contribution in [0.3, 0.4) is 0 Å². The molecule has 0 aliphatic carbocycles. The van der Waals surface area contributed by atoms with Crippen molar-refractivity contribution >= 4 is 27.5 Å². The van der Waals surface area contributed by atoms with E-state index in [1.54, 1.807) is 6.07 Å². The fraction of sp³-hybridized carbons (Fsp3) is 0. The first-order valence-electron chi connectivity index (χ1n) is 5.66. The number of nitrogens with zero attached hydrogens (tertiary/aromatic N) is 2. The molecule has 20 heavy (non-hydrogen) atoms. The zero-order valence-electron chi connectivity index (χ0n) is 10.0. The molecule has 3 rings (SSSR count). The Morgan fingerprint density at radius 1 is 1.35 bits per heavy atom. The average molecular weight is 334 g/mol. The van der Waals surface area contributed by atoms with Gasteiger partial charge in [-0.25, -0.2) is 14.3 Å². The molecular formula is C13H8BrN3O3. The Morgan fingerprint density at radius 2 is 2.15 bits per heavy atom. The Bertz CT molecular complexity index is 882. The Morgan fingerprint density at radius 3 is 2.85 bits per heavy atom. The van der Waals surface area contributed by atoms with Crippen molar-refractivity contribution in [1.82, 2.24) is 14.6 Å². The molecule has 0 spiro atoms. The van der Waals surface area contributed by atoms with Crippen molar-refractivity contribution in [2.45, 2.75) is 0 Å². The third-order valence-electron chi connectivity index (χ3n) is 2.85. The standard InChI is InChI=1S/C13H8BrN3O3/c14-8-3-1-2-7(4-8)10-5-11(18)17-12(16-10)9(6-15-17)13(19)20/h1-6,15H,(H,19,20). The number of carboxylic acids is 1. The molecule has 0 aliphatic heterocycles. The van der Waals surface area contributed by atoms with Crippen LogP contribution in [0.25, 0.3) is 16.9 Å². The maximum Gasteiger partial charge on any atom is 0.341 e. The van der Waals surface area contributed by atoms with Gasteiger partial charge in [-0.1, -0.05) is 28.1 Å². The number of hydrogen-bond acceptors (Lipinski definition) is 3. The molecule has 100 valence electrons. The largest absolute Gasteiger partial charge is 0.477 e. The van der Waals surface area contributed by atoms with E-state index in [1.165, 1.54) is 12.3 Å². The van der Waals surface area contributed by atoms with Gasteiger partial charge in [0.2, 0.25) is 0 Å². The van der Waals surface area contributed by atoms with Gasteiger partial charge < -0.3 is 5.11 Å². The number of aromatic amines is 1. The van der Waals surface area contributed by atoms with Crippen LogP contribution in [0.15, 0.2) is 45.8 Å². The lowest BCUT2D eigenvalue weighted by molar-refractivity contribution is 0.0699. The van der Waals surface area contributed by atoms with E-state index in [4.69, 9.17) is 5.11 Å². The molecule has 0 unspecified atom stereocenters. The summed E-state index contributed by atoms with van der Waals surface area (Å²) < 4.78 is 1.95.